The highest BCUT2D eigenvalue weighted by Gasteiger charge is 2.22. The minimum Gasteiger partial charge on any atom is -0.309 e. The molecular weight excluding hydrogens is 715 g/mol. The first-order valence-corrected chi connectivity index (χ1v) is 19.9. The third-order valence-electron chi connectivity index (χ3n) is 11.2. The minimum atomic E-state index is 0.611. The van der Waals surface area contributed by atoms with Gasteiger partial charge in [0.1, 0.15) is 0 Å². The monoisotopic (exact) mass is 745 g/mol. The van der Waals surface area contributed by atoms with Gasteiger partial charge >= 0.3 is 0 Å². The van der Waals surface area contributed by atoms with Crippen molar-refractivity contribution >= 4 is 75.1 Å². The smallest absolute Gasteiger partial charge is 0.166 e. The van der Waals surface area contributed by atoms with Gasteiger partial charge in [0.15, 0.2) is 17.5 Å². The standard InChI is InChI=1S/C51H31N5S/c1-3-15-32(16-4-1)49-52-50(33-17-5-2-6-18-33)54-51(53-49)39-28-27-34(29-45(39)56-43-24-12-7-19-35(43)36-20-8-13-25-44(36)56)55-42-23-11-9-21-37(42)40-30-41-38-22-10-14-26-47(38)57-48(41)31-46(40)55/h1-31H. The summed E-state index contributed by atoms with van der Waals surface area (Å²) in [6, 6.07) is 66.7. The molecule has 8 aromatic carbocycles. The Balaban J connectivity index is 1.18. The number of nitrogens with zero attached hydrogens (tertiary/aromatic N) is 5. The molecule has 4 heterocycles. The predicted molar refractivity (Wildman–Crippen MR) is 238 cm³/mol. The molecule has 266 valence electrons. The zero-order valence-corrected chi connectivity index (χ0v) is 31.4. The van der Waals surface area contributed by atoms with Gasteiger partial charge in [-0.2, -0.15) is 0 Å². The van der Waals surface area contributed by atoms with Crippen molar-refractivity contribution in [3.8, 4) is 45.5 Å². The van der Waals surface area contributed by atoms with Crippen molar-refractivity contribution in [1.29, 1.82) is 0 Å². The number of benzene rings is 8. The maximum Gasteiger partial charge on any atom is 0.166 e. The van der Waals surface area contributed by atoms with Gasteiger partial charge < -0.3 is 9.13 Å². The fraction of sp³-hybridized carbons (Fsp3) is 0. The average Bonchev–Trinajstić information content (AvgIpc) is 3.93. The van der Waals surface area contributed by atoms with E-state index in [0.717, 1.165) is 44.6 Å². The van der Waals surface area contributed by atoms with Crippen LogP contribution in [0.3, 0.4) is 0 Å². The van der Waals surface area contributed by atoms with E-state index in [2.05, 4.69) is 161 Å². The average molecular weight is 746 g/mol. The Morgan fingerprint density at radius 3 is 1.47 bits per heavy atom. The van der Waals surface area contributed by atoms with E-state index in [-0.39, 0.29) is 0 Å². The molecule has 6 heteroatoms. The second-order valence-corrected chi connectivity index (χ2v) is 15.5. The Morgan fingerprint density at radius 1 is 0.333 bits per heavy atom. The van der Waals surface area contributed by atoms with Crippen LogP contribution in [0.25, 0.3) is 109 Å². The van der Waals surface area contributed by atoms with Crippen molar-refractivity contribution in [2.75, 3.05) is 0 Å². The van der Waals surface area contributed by atoms with E-state index in [0.29, 0.717) is 17.5 Å². The summed E-state index contributed by atoms with van der Waals surface area (Å²) in [5.41, 5.74) is 9.40. The zero-order chi connectivity index (χ0) is 37.5. The molecule has 12 aromatic rings. The Kier molecular flexibility index (Phi) is 7.03. The lowest BCUT2D eigenvalue weighted by molar-refractivity contribution is 1.06. The molecule has 0 bridgehead atoms. The van der Waals surface area contributed by atoms with Gasteiger partial charge in [0, 0.05) is 64.1 Å². The van der Waals surface area contributed by atoms with Gasteiger partial charge in [0.05, 0.1) is 27.8 Å². The largest absolute Gasteiger partial charge is 0.309 e. The van der Waals surface area contributed by atoms with E-state index in [1.807, 2.05) is 47.7 Å². The third-order valence-corrected chi connectivity index (χ3v) is 12.3. The summed E-state index contributed by atoms with van der Waals surface area (Å²) in [7, 11) is 0. The second kappa shape index (κ2) is 12.6. The number of thiophene rings is 1. The van der Waals surface area contributed by atoms with E-state index in [9.17, 15) is 0 Å². The molecule has 0 unspecified atom stereocenters. The quantitative estimate of drug-likeness (QED) is 0.176. The van der Waals surface area contributed by atoms with Gasteiger partial charge in [0.25, 0.3) is 0 Å². The molecule has 0 N–H and O–H groups in total. The lowest BCUT2D eigenvalue weighted by atomic mass is 10.1. The maximum absolute atomic E-state index is 5.24. The van der Waals surface area contributed by atoms with Crippen LogP contribution in [-0.4, -0.2) is 24.1 Å². The Morgan fingerprint density at radius 2 is 0.842 bits per heavy atom. The van der Waals surface area contributed by atoms with E-state index >= 15 is 0 Å². The van der Waals surface area contributed by atoms with Crippen LogP contribution in [0, 0.1) is 0 Å². The molecule has 5 nitrogen and oxygen atoms in total. The highest BCUT2D eigenvalue weighted by molar-refractivity contribution is 7.25. The first kappa shape index (κ1) is 31.9. The maximum atomic E-state index is 5.24. The van der Waals surface area contributed by atoms with Gasteiger partial charge in [-0.15, -0.1) is 11.3 Å². The van der Waals surface area contributed by atoms with Crippen LogP contribution >= 0.6 is 11.3 Å². The molecule has 0 atom stereocenters. The third kappa shape index (κ3) is 4.98. The van der Waals surface area contributed by atoms with Crippen molar-refractivity contribution in [2.45, 2.75) is 0 Å². The summed E-state index contributed by atoms with van der Waals surface area (Å²) < 4.78 is 7.39. The van der Waals surface area contributed by atoms with Crippen LogP contribution in [0.4, 0.5) is 0 Å². The van der Waals surface area contributed by atoms with E-state index in [4.69, 9.17) is 15.0 Å². The molecule has 0 spiro atoms. The van der Waals surface area contributed by atoms with Gasteiger partial charge in [0.2, 0.25) is 0 Å². The van der Waals surface area contributed by atoms with Crippen molar-refractivity contribution in [1.82, 2.24) is 24.1 Å². The molecule has 0 aliphatic rings. The Hall–Kier alpha value is -7.41. The second-order valence-electron chi connectivity index (χ2n) is 14.4. The highest BCUT2D eigenvalue weighted by Crippen LogP contribution is 2.42. The molecule has 0 aliphatic heterocycles. The van der Waals surface area contributed by atoms with Crippen LogP contribution in [-0.2, 0) is 0 Å². The van der Waals surface area contributed by atoms with Gasteiger partial charge in [-0.25, -0.2) is 15.0 Å². The number of para-hydroxylation sites is 3. The Labute approximate surface area is 331 Å². The fourth-order valence-corrected chi connectivity index (χ4v) is 9.73. The van der Waals surface area contributed by atoms with Crippen LogP contribution in [0.2, 0.25) is 0 Å². The van der Waals surface area contributed by atoms with Gasteiger partial charge in [-0.1, -0.05) is 133 Å². The van der Waals surface area contributed by atoms with E-state index in [1.54, 1.807) is 0 Å². The summed E-state index contributed by atoms with van der Waals surface area (Å²) >= 11 is 1.85. The molecule has 0 aliphatic carbocycles. The van der Waals surface area contributed by atoms with Crippen molar-refractivity contribution < 1.29 is 0 Å². The molecule has 12 rings (SSSR count). The highest BCUT2D eigenvalue weighted by atomic mass is 32.1. The zero-order valence-electron chi connectivity index (χ0n) is 30.5. The van der Waals surface area contributed by atoms with Crippen LogP contribution in [0.1, 0.15) is 0 Å². The van der Waals surface area contributed by atoms with Gasteiger partial charge in [-0.3, -0.25) is 0 Å². The molecule has 0 amide bonds. The summed E-state index contributed by atoms with van der Waals surface area (Å²) in [6.07, 6.45) is 0. The number of hydrogen-bond acceptors (Lipinski definition) is 4. The van der Waals surface area contributed by atoms with Crippen LogP contribution in [0.5, 0.6) is 0 Å². The molecule has 0 radical (unpaired) electrons. The summed E-state index contributed by atoms with van der Waals surface area (Å²) in [6.45, 7) is 0. The number of aromatic nitrogens is 5. The van der Waals surface area contributed by atoms with E-state index in [1.165, 1.54) is 47.2 Å². The molecule has 0 saturated carbocycles. The lowest BCUT2D eigenvalue weighted by Crippen LogP contribution is -2.05. The summed E-state index contributed by atoms with van der Waals surface area (Å²) in [5, 5.41) is 7.45. The molecule has 4 aromatic heterocycles. The van der Waals surface area contributed by atoms with Crippen molar-refractivity contribution in [2.24, 2.45) is 0 Å². The minimum absolute atomic E-state index is 0.611. The SMILES string of the molecule is c1ccc(-c2nc(-c3ccccc3)nc(-c3ccc(-n4c5ccccc5c5cc6c(cc54)sc4ccccc46)cc3-n3c4ccccc4c4ccccc43)n2)cc1. The number of fused-ring (bicyclic) bond motifs is 9. The molecule has 0 saturated heterocycles. The summed E-state index contributed by atoms with van der Waals surface area (Å²) in [4.78, 5) is 15.5. The van der Waals surface area contributed by atoms with Gasteiger partial charge in [-0.05, 0) is 54.6 Å². The first-order chi connectivity index (χ1) is 28.3. The first-order valence-electron chi connectivity index (χ1n) is 19.1. The van der Waals surface area contributed by atoms with Crippen LogP contribution < -0.4 is 0 Å². The van der Waals surface area contributed by atoms with E-state index < -0.39 is 0 Å². The molecular formula is C51H31N5S. The van der Waals surface area contributed by atoms with Crippen LogP contribution in [0.15, 0.2) is 188 Å². The molecule has 0 fully saturated rings. The molecule has 57 heavy (non-hydrogen) atoms. The normalized spacial score (nSPS) is 11.9. The predicted octanol–water partition coefficient (Wildman–Crippen LogP) is 13.4. The Bertz CT molecular complexity index is 3410. The lowest BCUT2D eigenvalue weighted by Gasteiger charge is -2.17. The summed E-state index contributed by atoms with van der Waals surface area (Å²) in [5.74, 6) is 1.87. The number of rotatable bonds is 5. The topological polar surface area (TPSA) is 48.5 Å². The number of hydrogen-bond donors (Lipinski definition) is 0. The van der Waals surface area contributed by atoms with Crippen molar-refractivity contribution in [3.63, 3.8) is 0 Å². The fourth-order valence-electron chi connectivity index (χ4n) is 8.61. The van der Waals surface area contributed by atoms with Crippen molar-refractivity contribution in [3.05, 3.63) is 188 Å².